The Hall–Kier alpha value is -1.20. The van der Waals surface area contributed by atoms with Crippen molar-refractivity contribution < 1.29 is 39.6 Å². The van der Waals surface area contributed by atoms with Crippen molar-refractivity contribution >= 4 is 51.2 Å². The number of aliphatic carboxylic acids is 4. The minimum Gasteiger partial charge on any atom is -0.550 e. The fourth-order valence-corrected chi connectivity index (χ4v) is 2.08. The van der Waals surface area contributed by atoms with E-state index in [0.717, 1.165) is 77.0 Å². The molecule has 0 fully saturated rings. The molecule has 0 saturated heterocycles. The number of hydrogen-bond acceptors (Lipinski definition) is 8. The third kappa shape index (κ3) is 72.3. The molecule has 0 aliphatic carbocycles. The molecule has 0 amide bonds. The van der Waals surface area contributed by atoms with Crippen LogP contribution in [0.4, 0.5) is 0 Å². The smallest absolute Gasteiger partial charge is 0.550 e. The van der Waals surface area contributed by atoms with Gasteiger partial charge in [0.1, 0.15) is 0 Å². The molecule has 0 radical (unpaired) electrons. The molecular formula is C24H44O8Pb. The molecule has 0 spiro atoms. The molecule has 0 N–H and O–H groups in total. The van der Waals surface area contributed by atoms with Crippen LogP contribution in [0.3, 0.4) is 0 Å². The molecular weight excluding hydrogens is 623 g/mol. The number of carboxylic acid groups (broad SMARTS) is 4. The zero-order valence-electron chi connectivity index (χ0n) is 21.1. The summed E-state index contributed by atoms with van der Waals surface area (Å²) in [6.07, 6.45) is 12.1. The van der Waals surface area contributed by atoms with Crippen LogP contribution < -0.4 is 20.4 Å². The standard InChI is InChI=1S/4C6H12O2.Pb/c4*1-2-3-4-5-6(7)8;/h4*2-5H2,1H3,(H,7,8);/q;;;;+4/p-4. The van der Waals surface area contributed by atoms with Gasteiger partial charge < -0.3 is 39.6 Å². The predicted octanol–water partition coefficient (Wildman–Crippen LogP) is 0.886. The van der Waals surface area contributed by atoms with E-state index in [4.69, 9.17) is 0 Å². The summed E-state index contributed by atoms with van der Waals surface area (Å²) < 4.78 is 0. The fourth-order valence-electron chi connectivity index (χ4n) is 2.08. The van der Waals surface area contributed by atoms with Gasteiger partial charge >= 0.3 is 27.3 Å². The molecule has 0 aliphatic heterocycles. The SMILES string of the molecule is CCCCCC(=O)[O-].CCCCCC(=O)[O-].CCCCCC(=O)[O-].CCCCCC(=O)[O-].[Pb+4]. The van der Waals surface area contributed by atoms with Crippen molar-refractivity contribution in [1.29, 1.82) is 0 Å². The van der Waals surface area contributed by atoms with E-state index in [9.17, 15) is 39.6 Å². The van der Waals surface area contributed by atoms with Crippen LogP contribution in [0.25, 0.3) is 0 Å². The Balaban J connectivity index is -0.000000105. The minimum atomic E-state index is -0.932. The zero-order valence-corrected chi connectivity index (χ0v) is 25.0. The topological polar surface area (TPSA) is 161 Å². The van der Waals surface area contributed by atoms with Crippen LogP contribution in [0.1, 0.15) is 130 Å². The number of rotatable bonds is 16. The van der Waals surface area contributed by atoms with Gasteiger partial charge in [-0.05, 0) is 51.4 Å². The normalized spacial score (nSPS) is 8.85. The Kier molecular flexibility index (Phi) is 48.5. The maximum absolute atomic E-state index is 9.76. The molecule has 0 unspecified atom stereocenters. The second kappa shape index (κ2) is 38.1. The van der Waals surface area contributed by atoms with Crippen molar-refractivity contribution in [1.82, 2.24) is 0 Å². The van der Waals surface area contributed by atoms with Gasteiger partial charge in [-0.1, -0.05) is 79.1 Å². The Morgan fingerprint density at radius 2 is 0.545 bits per heavy atom. The number of carbonyl (C=O) groups is 4. The van der Waals surface area contributed by atoms with Crippen LogP contribution in [-0.2, 0) is 19.2 Å². The molecule has 0 bridgehead atoms. The van der Waals surface area contributed by atoms with Crippen molar-refractivity contribution in [3.63, 3.8) is 0 Å². The van der Waals surface area contributed by atoms with E-state index >= 15 is 0 Å². The number of carbonyl (C=O) groups excluding carboxylic acids is 4. The summed E-state index contributed by atoms with van der Waals surface area (Å²) in [6, 6.07) is 0. The van der Waals surface area contributed by atoms with Gasteiger partial charge in [0.05, 0.1) is 0 Å². The Labute approximate surface area is 220 Å². The van der Waals surface area contributed by atoms with E-state index in [2.05, 4.69) is 0 Å². The summed E-state index contributed by atoms with van der Waals surface area (Å²) in [6.45, 7) is 8.15. The molecule has 0 aromatic carbocycles. The zero-order chi connectivity index (χ0) is 25.6. The summed E-state index contributed by atoms with van der Waals surface area (Å²) >= 11 is 0. The van der Waals surface area contributed by atoms with Crippen LogP contribution in [0.2, 0.25) is 0 Å². The third-order valence-corrected chi connectivity index (χ3v) is 3.94. The summed E-state index contributed by atoms with van der Waals surface area (Å²) in [7, 11) is 0. The van der Waals surface area contributed by atoms with E-state index < -0.39 is 23.9 Å². The summed E-state index contributed by atoms with van der Waals surface area (Å²) in [5.74, 6) is -3.73. The van der Waals surface area contributed by atoms with Gasteiger partial charge in [0.25, 0.3) is 0 Å². The minimum absolute atomic E-state index is 0. The quantitative estimate of drug-likeness (QED) is 0.173. The number of unbranched alkanes of at least 4 members (excludes halogenated alkanes) is 8. The van der Waals surface area contributed by atoms with Crippen LogP contribution in [-0.4, -0.2) is 51.2 Å². The van der Waals surface area contributed by atoms with Crippen LogP contribution in [0.15, 0.2) is 0 Å². The van der Waals surface area contributed by atoms with E-state index in [0.29, 0.717) is 0 Å². The number of carboxylic acids is 4. The van der Waals surface area contributed by atoms with Crippen LogP contribution in [0, 0.1) is 0 Å². The van der Waals surface area contributed by atoms with Gasteiger partial charge in [0.2, 0.25) is 0 Å². The molecule has 0 saturated carbocycles. The van der Waals surface area contributed by atoms with Crippen molar-refractivity contribution in [3.05, 3.63) is 0 Å². The third-order valence-electron chi connectivity index (χ3n) is 3.94. The van der Waals surface area contributed by atoms with E-state index in [1.807, 2.05) is 27.7 Å². The first-order valence-electron chi connectivity index (χ1n) is 11.9. The van der Waals surface area contributed by atoms with Gasteiger partial charge in [0.15, 0.2) is 0 Å². The van der Waals surface area contributed by atoms with Crippen molar-refractivity contribution in [2.24, 2.45) is 0 Å². The first-order valence-corrected chi connectivity index (χ1v) is 11.9. The van der Waals surface area contributed by atoms with Gasteiger partial charge in [0, 0.05) is 23.9 Å². The van der Waals surface area contributed by atoms with Crippen molar-refractivity contribution in [3.8, 4) is 0 Å². The maximum atomic E-state index is 9.76. The molecule has 0 aromatic heterocycles. The van der Waals surface area contributed by atoms with Crippen molar-refractivity contribution in [2.45, 2.75) is 130 Å². The number of hydrogen-bond donors (Lipinski definition) is 0. The molecule has 0 rings (SSSR count). The molecule has 33 heavy (non-hydrogen) atoms. The maximum Gasteiger partial charge on any atom is 4.00 e. The molecule has 8 nitrogen and oxygen atoms in total. The second-order valence-corrected chi connectivity index (χ2v) is 7.32. The van der Waals surface area contributed by atoms with E-state index in [1.165, 1.54) is 0 Å². The Bertz CT molecular complexity index is 362. The van der Waals surface area contributed by atoms with Gasteiger partial charge in [-0.2, -0.15) is 0 Å². The summed E-state index contributed by atoms with van der Waals surface area (Å²) in [5.41, 5.74) is 0. The monoisotopic (exact) mass is 668 g/mol. The first-order chi connectivity index (χ1) is 15.1. The molecule has 0 aliphatic rings. The van der Waals surface area contributed by atoms with E-state index in [-0.39, 0.29) is 53.0 Å². The first kappa shape index (κ1) is 42.0. The largest absolute Gasteiger partial charge is 4.00 e. The summed E-state index contributed by atoms with van der Waals surface area (Å²) in [4.78, 5) is 39.1. The van der Waals surface area contributed by atoms with E-state index in [1.54, 1.807) is 0 Å². The predicted molar refractivity (Wildman–Crippen MR) is 122 cm³/mol. The molecule has 0 aromatic rings. The molecule has 192 valence electrons. The van der Waals surface area contributed by atoms with Crippen LogP contribution >= 0.6 is 0 Å². The Morgan fingerprint density at radius 3 is 0.636 bits per heavy atom. The average molecular weight is 668 g/mol. The fraction of sp³-hybridized carbons (Fsp3) is 0.833. The Morgan fingerprint density at radius 1 is 0.394 bits per heavy atom. The van der Waals surface area contributed by atoms with Gasteiger partial charge in [-0.15, -0.1) is 0 Å². The summed E-state index contributed by atoms with van der Waals surface area (Å²) in [5, 5.41) is 39.1. The van der Waals surface area contributed by atoms with Crippen LogP contribution in [0.5, 0.6) is 0 Å². The van der Waals surface area contributed by atoms with Gasteiger partial charge in [-0.25, -0.2) is 0 Å². The molecule has 0 atom stereocenters. The second-order valence-electron chi connectivity index (χ2n) is 7.32. The average Bonchev–Trinajstić information content (AvgIpc) is 2.69. The van der Waals surface area contributed by atoms with Gasteiger partial charge in [-0.3, -0.25) is 0 Å². The van der Waals surface area contributed by atoms with Crippen molar-refractivity contribution in [2.75, 3.05) is 0 Å². The molecule has 9 heteroatoms. The molecule has 0 heterocycles.